The Hall–Kier alpha value is -4.43. The quantitative estimate of drug-likeness (QED) is 0.215. The van der Waals surface area contributed by atoms with Gasteiger partial charge in [-0.3, -0.25) is 13.9 Å². The molecular weight excluding hydrogens is 558 g/mol. The summed E-state index contributed by atoms with van der Waals surface area (Å²) in [4.78, 5) is 29.7. The van der Waals surface area contributed by atoms with Crippen molar-refractivity contribution >= 4 is 27.5 Å². The van der Waals surface area contributed by atoms with E-state index in [0.717, 1.165) is 28.7 Å². The summed E-state index contributed by atoms with van der Waals surface area (Å²) >= 11 is 0. The minimum absolute atomic E-state index is 0.0823. The maximum atomic E-state index is 14.4. The van der Waals surface area contributed by atoms with Crippen molar-refractivity contribution < 1.29 is 18.0 Å². The number of sulfonamides is 1. The van der Waals surface area contributed by atoms with Crippen molar-refractivity contribution in [1.29, 1.82) is 0 Å². The fraction of sp³-hybridized carbons (Fsp3) is 0.257. The minimum atomic E-state index is -4.12. The lowest BCUT2D eigenvalue weighted by atomic mass is 10.0. The lowest BCUT2D eigenvalue weighted by Crippen LogP contribution is -2.53. The first-order chi connectivity index (χ1) is 20.7. The molecule has 4 aromatic carbocycles. The lowest BCUT2D eigenvalue weighted by Gasteiger charge is -2.34. The third-order valence-corrected chi connectivity index (χ3v) is 9.02. The third kappa shape index (κ3) is 8.11. The molecule has 4 aromatic rings. The number of carbonyl (C=O) groups excluding carboxylic acids is 2. The molecule has 4 rings (SSSR count). The zero-order valence-electron chi connectivity index (χ0n) is 24.9. The summed E-state index contributed by atoms with van der Waals surface area (Å²) in [6.07, 6.45) is 1.02. The van der Waals surface area contributed by atoms with Crippen LogP contribution in [0.25, 0.3) is 0 Å². The average Bonchev–Trinajstić information content (AvgIpc) is 3.02. The summed E-state index contributed by atoms with van der Waals surface area (Å²) in [6.45, 7) is 5.87. The number of aryl methyl sites for hydroxylation is 2. The zero-order valence-corrected chi connectivity index (χ0v) is 25.8. The van der Waals surface area contributed by atoms with Crippen LogP contribution in [0, 0.1) is 13.8 Å². The van der Waals surface area contributed by atoms with Gasteiger partial charge in [-0.05, 0) is 55.2 Å². The molecule has 2 amide bonds. The molecule has 0 aliphatic heterocycles. The number of nitrogens with zero attached hydrogens (tertiary/aromatic N) is 2. The van der Waals surface area contributed by atoms with Crippen LogP contribution in [-0.2, 0) is 32.6 Å². The second kappa shape index (κ2) is 14.6. The van der Waals surface area contributed by atoms with Gasteiger partial charge in [-0.15, -0.1) is 0 Å². The van der Waals surface area contributed by atoms with Gasteiger partial charge < -0.3 is 10.2 Å². The first-order valence-corrected chi connectivity index (χ1v) is 15.9. The third-order valence-electron chi connectivity index (χ3n) is 7.25. The summed E-state index contributed by atoms with van der Waals surface area (Å²) in [7, 11) is -4.12. The van der Waals surface area contributed by atoms with E-state index in [1.54, 1.807) is 24.3 Å². The Labute approximate surface area is 255 Å². The average molecular weight is 598 g/mol. The van der Waals surface area contributed by atoms with Gasteiger partial charge in [-0.1, -0.05) is 103 Å². The van der Waals surface area contributed by atoms with E-state index in [2.05, 4.69) is 5.32 Å². The fourth-order valence-corrected chi connectivity index (χ4v) is 6.52. The van der Waals surface area contributed by atoms with Gasteiger partial charge in [0.15, 0.2) is 0 Å². The molecule has 0 heterocycles. The Morgan fingerprint density at radius 2 is 1.37 bits per heavy atom. The van der Waals surface area contributed by atoms with E-state index in [0.29, 0.717) is 12.2 Å². The van der Waals surface area contributed by atoms with E-state index in [9.17, 15) is 18.0 Å². The van der Waals surface area contributed by atoms with Crippen molar-refractivity contribution in [2.24, 2.45) is 0 Å². The number of amides is 2. The van der Waals surface area contributed by atoms with Crippen molar-refractivity contribution in [1.82, 2.24) is 10.2 Å². The van der Waals surface area contributed by atoms with Gasteiger partial charge in [0, 0.05) is 19.5 Å². The number of hydrogen-bond donors (Lipinski definition) is 1. The first-order valence-electron chi connectivity index (χ1n) is 14.5. The molecule has 7 nitrogen and oxygen atoms in total. The van der Waals surface area contributed by atoms with E-state index in [4.69, 9.17) is 0 Å². The molecule has 1 unspecified atom stereocenters. The number of carbonyl (C=O) groups is 2. The molecular formula is C35H39N3O4S. The largest absolute Gasteiger partial charge is 0.354 e. The van der Waals surface area contributed by atoms with E-state index >= 15 is 0 Å². The van der Waals surface area contributed by atoms with E-state index < -0.39 is 28.5 Å². The van der Waals surface area contributed by atoms with Crippen LogP contribution in [-0.4, -0.2) is 44.3 Å². The first kappa shape index (κ1) is 31.5. The molecule has 224 valence electrons. The normalized spacial score (nSPS) is 11.9. The van der Waals surface area contributed by atoms with Gasteiger partial charge in [0.1, 0.15) is 12.6 Å². The van der Waals surface area contributed by atoms with Crippen LogP contribution in [0.5, 0.6) is 0 Å². The summed E-state index contributed by atoms with van der Waals surface area (Å²) < 4.78 is 29.4. The Balaban J connectivity index is 1.80. The smallest absolute Gasteiger partial charge is 0.264 e. The van der Waals surface area contributed by atoms with Crippen molar-refractivity contribution in [2.75, 3.05) is 17.4 Å². The molecule has 1 N–H and O–H groups in total. The second-order valence-electron chi connectivity index (χ2n) is 10.6. The Kier molecular flexibility index (Phi) is 10.7. The van der Waals surface area contributed by atoms with Gasteiger partial charge >= 0.3 is 0 Å². The van der Waals surface area contributed by atoms with Crippen molar-refractivity contribution in [2.45, 2.75) is 51.1 Å². The van der Waals surface area contributed by atoms with Gasteiger partial charge in [-0.2, -0.15) is 0 Å². The van der Waals surface area contributed by atoms with Crippen LogP contribution in [0.3, 0.4) is 0 Å². The fourth-order valence-electron chi connectivity index (χ4n) is 5.02. The topological polar surface area (TPSA) is 86.8 Å². The van der Waals surface area contributed by atoms with E-state index in [1.165, 1.54) is 21.3 Å². The monoisotopic (exact) mass is 597 g/mol. The molecule has 43 heavy (non-hydrogen) atoms. The van der Waals surface area contributed by atoms with Crippen LogP contribution in [0.1, 0.15) is 35.6 Å². The second-order valence-corrected chi connectivity index (χ2v) is 12.5. The number of rotatable bonds is 13. The molecule has 8 heteroatoms. The van der Waals surface area contributed by atoms with Gasteiger partial charge in [-0.25, -0.2) is 8.42 Å². The highest BCUT2D eigenvalue weighted by Gasteiger charge is 2.35. The molecule has 0 aromatic heterocycles. The van der Waals surface area contributed by atoms with Crippen LogP contribution < -0.4 is 9.62 Å². The SMILES string of the molecule is CCCNC(=O)C(Cc1ccccc1)N(Cc1ccccc1)C(=O)CN(c1ccc(C)cc1C)S(=O)(=O)c1ccccc1. The summed E-state index contributed by atoms with van der Waals surface area (Å²) in [5.74, 6) is -0.755. The van der Waals surface area contributed by atoms with Crippen LogP contribution in [0.2, 0.25) is 0 Å². The summed E-state index contributed by atoms with van der Waals surface area (Å²) in [5.41, 5.74) is 3.85. The number of nitrogens with one attached hydrogen (secondary N) is 1. The summed E-state index contributed by atoms with van der Waals surface area (Å²) in [5, 5.41) is 2.97. The predicted molar refractivity (Wildman–Crippen MR) is 171 cm³/mol. The lowest BCUT2D eigenvalue weighted by molar-refractivity contribution is -0.140. The number of anilines is 1. The van der Waals surface area contributed by atoms with Crippen molar-refractivity contribution in [3.63, 3.8) is 0 Å². The molecule has 0 aliphatic rings. The van der Waals surface area contributed by atoms with E-state index in [-0.39, 0.29) is 23.8 Å². The van der Waals surface area contributed by atoms with Crippen LogP contribution >= 0.6 is 0 Å². The maximum absolute atomic E-state index is 14.4. The molecule has 0 saturated heterocycles. The van der Waals surface area contributed by atoms with Crippen molar-refractivity contribution in [3.8, 4) is 0 Å². The standard InChI is InChI=1S/C35H39N3O4S/c1-4-22-36-35(40)33(24-29-14-8-5-9-15-29)37(25-30-16-10-6-11-17-30)34(39)26-38(32-21-20-27(2)23-28(32)3)43(41,42)31-18-12-7-13-19-31/h5-21,23,33H,4,22,24-26H2,1-3H3,(H,36,40). The number of benzene rings is 4. The van der Waals surface area contributed by atoms with Crippen LogP contribution in [0.4, 0.5) is 5.69 Å². The van der Waals surface area contributed by atoms with E-state index in [1.807, 2.05) is 93.6 Å². The Bertz CT molecular complexity index is 1610. The molecule has 0 saturated carbocycles. The highest BCUT2D eigenvalue weighted by molar-refractivity contribution is 7.92. The Morgan fingerprint density at radius 1 is 0.791 bits per heavy atom. The van der Waals surface area contributed by atoms with Gasteiger partial charge in [0.25, 0.3) is 10.0 Å². The van der Waals surface area contributed by atoms with Crippen molar-refractivity contribution in [3.05, 3.63) is 131 Å². The molecule has 0 radical (unpaired) electrons. The molecule has 0 spiro atoms. The molecule has 0 aliphatic carbocycles. The maximum Gasteiger partial charge on any atom is 0.264 e. The summed E-state index contributed by atoms with van der Waals surface area (Å²) in [6, 6.07) is 31.7. The highest BCUT2D eigenvalue weighted by atomic mass is 32.2. The highest BCUT2D eigenvalue weighted by Crippen LogP contribution is 2.28. The Morgan fingerprint density at radius 3 is 1.95 bits per heavy atom. The van der Waals surface area contributed by atoms with Gasteiger partial charge in [0.05, 0.1) is 10.6 Å². The zero-order chi connectivity index (χ0) is 30.8. The number of hydrogen-bond acceptors (Lipinski definition) is 4. The molecule has 1 atom stereocenters. The molecule has 0 fully saturated rings. The minimum Gasteiger partial charge on any atom is -0.354 e. The van der Waals surface area contributed by atoms with Gasteiger partial charge in [0.2, 0.25) is 11.8 Å². The molecule has 0 bridgehead atoms. The predicted octanol–water partition coefficient (Wildman–Crippen LogP) is 5.67. The van der Waals surface area contributed by atoms with Crippen LogP contribution in [0.15, 0.2) is 114 Å².